The highest BCUT2D eigenvalue weighted by Crippen LogP contribution is 2.37. The molecular weight excluding hydrogens is 210 g/mol. The third-order valence-corrected chi connectivity index (χ3v) is 2.45. The summed E-state index contributed by atoms with van der Waals surface area (Å²) in [5, 5.41) is 10.8. The van der Waals surface area contributed by atoms with Crippen molar-refractivity contribution in [1.82, 2.24) is 0 Å². The van der Waals surface area contributed by atoms with E-state index in [1.54, 1.807) is 25.1 Å². The fourth-order valence-electron chi connectivity index (χ4n) is 1.65. The van der Waals surface area contributed by atoms with Gasteiger partial charge in [-0.2, -0.15) is 0 Å². The largest absolute Gasteiger partial charge is 0.493 e. The summed E-state index contributed by atoms with van der Waals surface area (Å²) in [6.45, 7) is 1.64. The van der Waals surface area contributed by atoms with Gasteiger partial charge in [-0.3, -0.25) is 10.1 Å². The van der Waals surface area contributed by atoms with E-state index >= 15 is 0 Å². The molecule has 0 bridgehead atoms. The van der Waals surface area contributed by atoms with E-state index in [2.05, 4.69) is 0 Å². The SMILES string of the molecule is COc1cccc2c1OC(C)C([N+](=O)[O-])=C2. The second kappa shape index (κ2) is 3.84. The predicted molar refractivity (Wildman–Crippen MR) is 58.1 cm³/mol. The van der Waals surface area contributed by atoms with Crippen molar-refractivity contribution < 1.29 is 14.4 Å². The maximum atomic E-state index is 10.8. The number of methoxy groups -OCH3 is 1. The number of nitro groups is 1. The van der Waals surface area contributed by atoms with Crippen LogP contribution in [0.2, 0.25) is 0 Å². The second-order valence-electron chi connectivity index (χ2n) is 3.47. The number of hydrogen-bond acceptors (Lipinski definition) is 4. The third kappa shape index (κ3) is 1.60. The summed E-state index contributed by atoms with van der Waals surface area (Å²) in [7, 11) is 1.54. The van der Waals surface area contributed by atoms with Crippen LogP contribution in [0.25, 0.3) is 6.08 Å². The molecule has 0 aliphatic carbocycles. The van der Waals surface area contributed by atoms with Crippen LogP contribution >= 0.6 is 0 Å². The van der Waals surface area contributed by atoms with Gasteiger partial charge < -0.3 is 9.47 Å². The van der Waals surface area contributed by atoms with Crippen molar-refractivity contribution in [3.8, 4) is 11.5 Å². The Morgan fingerprint density at radius 3 is 2.88 bits per heavy atom. The monoisotopic (exact) mass is 221 g/mol. The van der Waals surface area contributed by atoms with Gasteiger partial charge in [-0.1, -0.05) is 12.1 Å². The first-order chi connectivity index (χ1) is 7.63. The lowest BCUT2D eigenvalue weighted by atomic mass is 10.1. The molecule has 0 amide bonds. The van der Waals surface area contributed by atoms with Crippen LogP contribution in [0.4, 0.5) is 0 Å². The Bertz CT molecular complexity index is 467. The standard InChI is InChI=1S/C11H11NO4/c1-7-9(12(13)14)6-8-4-3-5-10(15-2)11(8)16-7/h3-7H,1-2H3. The molecule has 0 fully saturated rings. The fourth-order valence-corrected chi connectivity index (χ4v) is 1.65. The first-order valence-electron chi connectivity index (χ1n) is 4.83. The van der Waals surface area contributed by atoms with E-state index in [9.17, 15) is 10.1 Å². The Morgan fingerprint density at radius 1 is 1.50 bits per heavy atom. The van der Waals surface area contributed by atoms with Crippen molar-refractivity contribution in [2.24, 2.45) is 0 Å². The van der Waals surface area contributed by atoms with E-state index in [1.807, 2.05) is 0 Å². The summed E-state index contributed by atoms with van der Waals surface area (Å²) in [5.41, 5.74) is 0.727. The highest BCUT2D eigenvalue weighted by molar-refractivity contribution is 5.65. The molecule has 1 unspecified atom stereocenters. The lowest BCUT2D eigenvalue weighted by molar-refractivity contribution is -0.433. The Hall–Kier alpha value is -2.04. The number of para-hydroxylation sites is 1. The summed E-state index contributed by atoms with van der Waals surface area (Å²) in [6, 6.07) is 5.29. The number of benzene rings is 1. The molecule has 1 aliphatic heterocycles. The molecule has 2 rings (SSSR count). The number of rotatable bonds is 2. The van der Waals surface area contributed by atoms with Crippen LogP contribution in [0.5, 0.6) is 11.5 Å². The maximum Gasteiger partial charge on any atom is 0.286 e. The molecule has 84 valence electrons. The summed E-state index contributed by atoms with van der Waals surface area (Å²) in [6.07, 6.45) is 0.949. The van der Waals surface area contributed by atoms with E-state index in [0.717, 1.165) is 0 Å². The Morgan fingerprint density at radius 2 is 2.25 bits per heavy atom. The third-order valence-electron chi connectivity index (χ3n) is 2.45. The molecule has 0 N–H and O–H groups in total. The smallest absolute Gasteiger partial charge is 0.286 e. The van der Waals surface area contributed by atoms with E-state index in [1.165, 1.54) is 13.2 Å². The van der Waals surface area contributed by atoms with Crippen molar-refractivity contribution >= 4 is 6.08 Å². The molecule has 1 aromatic carbocycles. The van der Waals surface area contributed by atoms with Gasteiger partial charge in [0.25, 0.3) is 5.70 Å². The van der Waals surface area contributed by atoms with E-state index in [4.69, 9.17) is 9.47 Å². The van der Waals surface area contributed by atoms with E-state index in [-0.39, 0.29) is 5.70 Å². The van der Waals surface area contributed by atoms with Gasteiger partial charge >= 0.3 is 0 Å². The van der Waals surface area contributed by atoms with Crippen molar-refractivity contribution in [3.05, 3.63) is 39.6 Å². The minimum absolute atomic E-state index is 0.0563. The van der Waals surface area contributed by atoms with Crippen LogP contribution < -0.4 is 9.47 Å². The van der Waals surface area contributed by atoms with E-state index in [0.29, 0.717) is 17.1 Å². The average molecular weight is 221 g/mol. The summed E-state index contributed by atoms with van der Waals surface area (Å²) in [5.74, 6) is 1.14. The first-order valence-corrected chi connectivity index (χ1v) is 4.83. The van der Waals surface area contributed by atoms with Gasteiger partial charge in [-0.05, 0) is 13.0 Å². The number of fused-ring (bicyclic) bond motifs is 1. The number of ether oxygens (including phenoxy) is 2. The molecule has 0 saturated carbocycles. The second-order valence-corrected chi connectivity index (χ2v) is 3.47. The van der Waals surface area contributed by atoms with Gasteiger partial charge in [0.1, 0.15) is 0 Å². The zero-order chi connectivity index (χ0) is 11.7. The van der Waals surface area contributed by atoms with Crippen LogP contribution in [0.3, 0.4) is 0 Å². The van der Waals surface area contributed by atoms with Gasteiger partial charge in [-0.15, -0.1) is 0 Å². The lowest BCUT2D eigenvalue weighted by Gasteiger charge is -2.20. The fraction of sp³-hybridized carbons (Fsp3) is 0.273. The zero-order valence-electron chi connectivity index (χ0n) is 8.97. The van der Waals surface area contributed by atoms with Crippen molar-refractivity contribution in [3.63, 3.8) is 0 Å². The Kier molecular flexibility index (Phi) is 2.52. The molecule has 5 nitrogen and oxygen atoms in total. The number of hydrogen-bond donors (Lipinski definition) is 0. The topological polar surface area (TPSA) is 61.6 Å². The first kappa shape index (κ1) is 10.5. The minimum Gasteiger partial charge on any atom is -0.493 e. The predicted octanol–water partition coefficient (Wildman–Crippen LogP) is 2.09. The maximum absolute atomic E-state index is 10.8. The molecule has 16 heavy (non-hydrogen) atoms. The van der Waals surface area contributed by atoms with Crippen LogP contribution in [-0.4, -0.2) is 18.1 Å². The molecule has 1 aliphatic rings. The molecule has 1 heterocycles. The molecule has 0 radical (unpaired) electrons. The van der Waals surface area contributed by atoms with Crippen molar-refractivity contribution in [2.75, 3.05) is 7.11 Å². The summed E-state index contributed by atoms with van der Waals surface area (Å²) >= 11 is 0. The van der Waals surface area contributed by atoms with Gasteiger partial charge in [0.15, 0.2) is 17.6 Å². The molecule has 1 atom stereocenters. The molecule has 5 heteroatoms. The van der Waals surface area contributed by atoms with Crippen LogP contribution in [-0.2, 0) is 0 Å². The average Bonchev–Trinajstić information content (AvgIpc) is 2.27. The summed E-state index contributed by atoms with van der Waals surface area (Å²) < 4.78 is 10.6. The zero-order valence-corrected chi connectivity index (χ0v) is 8.97. The molecule has 1 aromatic rings. The van der Waals surface area contributed by atoms with Crippen LogP contribution in [0.1, 0.15) is 12.5 Å². The van der Waals surface area contributed by atoms with Crippen LogP contribution in [0, 0.1) is 10.1 Å². The van der Waals surface area contributed by atoms with Gasteiger partial charge in [-0.25, -0.2) is 0 Å². The van der Waals surface area contributed by atoms with Gasteiger partial charge in [0.05, 0.1) is 12.0 Å². The Labute approximate surface area is 92.4 Å². The quantitative estimate of drug-likeness (QED) is 0.566. The normalized spacial score (nSPS) is 18.1. The number of nitrogens with zero attached hydrogens (tertiary/aromatic N) is 1. The highest BCUT2D eigenvalue weighted by atomic mass is 16.6. The molecule has 0 spiro atoms. The van der Waals surface area contributed by atoms with Gasteiger partial charge in [0, 0.05) is 11.6 Å². The lowest BCUT2D eigenvalue weighted by Crippen LogP contribution is -2.23. The van der Waals surface area contributed by atoms with Crippen molar-refractivity contribution in [2.45, 2.75) is 13.0 Å². The van der Waals surface area contributed by atoms with Gasteiger partial charge in [0.2, 0.25) is 0 Å². The van der Waals surface area contributed by atoms with Crippen molar-refractivity contribution in [1.29, 1.82) is 0 Å². The minimum atomic E-state index is -0.571. The summed E-state index contributed by atoms with van der Waals surface area (Å²) in [4.78, 5) is 10.3. The highest BCUT2D eigenvalue weighted by Gasteiger charge is 2.29. The van der Waals surface area contributed by atoms with Crippen LogP contribution in [0.15, 0.2) is 23.9 Å². The molecule has 0 aromatic heterocycles. The Balaban J connectivity index is 2.53. The molecular formula is C11H11NO4. The molecule has 0 saturated heterocycles. The van der Waals surface area contributed by atoms with E-state index < -0.39 is 11.0 Å².